The molecule has 2 rings (SSSR count). The first-order valence-electron chi connectivity index (χ1n) is 7.43. The average molecular weight is 276 g/mol. The van der Waals surface area contributed by atoms with Crippen molar-refractivity contribution in [3.63, 3.8) is 0 Å². The first-order valence-corrected chi connectivity index (χ1v) is 7.43. The number of hydrogen-bond donors (Lipinski definition) is 1. The van der Waals surface area contributed by atoms with Crippen molar-refractivity contribution in [2.75, 3.05) is 13.7 Å². The van der Waals surface area contributed by atoms with Crippen LogP contribution in [0.2, 0.25) is 0 Å². The zero-order valence-electron chi connectivity index (χ0n) is 12.4. The Labute approximate surface area is 120 Å². The second kappa shape index (κ2) is 7.39. The molecular formula is C16H24N2O2. The number of rotatable bonds is 5. The lowest BCUT2D eigenvalue weighted by Gasteiger charge is -2.26. The normalized spacial score (nSPS) is 22.5. The number of esters is 1. The molecule has 0 aliphatic heterocycles. The Bertz CT molecular complexity index is 423. The smallest absolute Gasteiger partial charge is 0.339 e. The monoisotopic (exact) mass is 276 g/mol. The van der Waals surface area contributed by atoms with E-state index in [9.17, 15) is 4.79 Å². The minimum Gasteiger partial charge on any atom is -0.465 e. The van der Waals surface area contributed by atoms with Crippen molar-refractivity contribution < 1.29 is 9.53 Å². The molecule has 1 aliphatic carbocycles. The van der Waals surface area contributed by atoms with Crippen LogP contribution < -0.4 is 5.32 Å². The predicted molar refractivity (Wildman–Crippen MR) is 78.4 cm³/mol. The first kappa shape index (κ1) is 15.0. The van der Waals surface area contributed by atoms with E-state index in [1.165, 1.54) is 32.8 Å². The molecule has 1 N–H and O–H groups in total. The Kier molecular flexibility index (Phi) is 5.53. The third kappa shape index (κ3) is 4.30. The molecule has 0 radical (unpaired) electrons. The SMILES string of the molecule is COC(=O)c1ccc(CNCC2CCC(C)CC2)nc1. The van der Waals surface area contributed by atoms with Gasteiger partial charge in [-0.1, -0.05) is 19.8 Å². The number of carbonyl (C=O) groups is 1. The Balaban J connectivity index is 1.73. The van der Waals surface area contributed by atoms with Crippen LogP contribution >= 0.6 is 0 Å². The fourth-order valence-electron chi connectivity index (χ4n) is 2.71. The highest BCUT2D eigenvalue weighted by molar-refractivity contribution is 5.88. The molecule has 0 saturated heterocycles. The van der Waals surface area contributed by atoms with Crippen molar-refractivity contribution >= 4 is 5.97 Å². The fourth-order valence-corrected chi connectivity index (χ4v) is 2.71. The molecule has 0 spiro atoms. The van der Waals surface area contributed by atoms with Crippen LogP contribution in [0.4, 0.5) is 0 Å². The number of nitrogens with one attached hydrogen (secondary N) is 1. The lowest BCUT2D eigenvalue weighted by molar-refractivity contribution is 0.0600. The molecule has 1 saturated carbocycles. The van der Waals surface area contributed by atoms with Gasteiger partial charge in [-0.3, -0.25) is 4.98 Å². The highest BCUT2D eigenvalue weighted by atomic mass is 16.5. The number of methoxy groups -OCH3 is 1. The molecule has 1 heterocycles. The average Bonchev–Trinajstić information content (AvgIpc) is 2.49. The molecule has 1 aliphatic rings. The van der Waals surface area contributed by atoms with Crippen molar-refractivity contribution in [1.82, 2.24) is 10.3 Å². The van der Waals surface area contributed by atoms with E-state index in [0.717, 1.165) is 30.6 Å². The van der Waals surface area contributed by atoms with E-state index < -0.39 is 0 Å². The van der Waals surface area contributed by atoms with Gasteiger partial charge in [-0.25, -0.2) is 4.79 Å². The minimum absolute atomic E-state index is 0.340. The van der Waals surface area contributed by atoms with E-state index >= 15 is 0 Å². The molecule has 1 aromatic heterocycles. The van der Waals surface area contributed by atoms with Crippen molar-refractivity contribution in [3.05, 3.63) is 29.6 Å². The molecule has 0 aromatic carbocycles. The van der Waals surface area contributed by atoms with Gasteiger partial charge < -0.3 is 10.1 Å². The van der Waals surface area contributed by atoms with E-state index in [2.05, 4.69) is 22.0 Å². The van der Waals surface area contributed by atoms with Gasteiger partial charge in [0.15, 0.2) is 0 Å². The fraction of sp³-hybridized carbons (Fsp3) is 0.625. The van der Waals surface area contributed by atoms with Crippen LogP contribution in [0.15, 0.2) is 18.3 Å². The predicted octanol–water partition coefficient (Wildman–Crippen LogP) is 2.78. The van der Waals surface area contributed by atoms with Gasteiger partial charge in [0, 0.05) is 12.7 Å². The highest BCUT2D eigenvalue weighted by Gasteiger charge is 2.17. The number of ether oxygens (including phenoxy) is 1. The summed E-state index contributed by atoms with van der Waals surface area (Å²) in [6.45, 7) is 4.16. The highest BCUT2D eigenvalue weighted by Crippen LogP contribution is 2.27. The number of hydrogen-bond acceptors (Lipinski definition) is 4. The molecular weight excluding hydrogens is 252 g/mol. The first-order chi connectivity index (χ1) is 9.69. The van der Waals surface area contributed by atoms with Crippen molar-refractivity contribution in [3.8, 4) is 0 Å². The lowest BCUT2D eigenvalue weighted by atomic mass is 9.83. The third-order valence-corrected chi connectivity index (χ3v) is 4.12. The van der Waals surface area contributed by atoms with Gasteiger partial charge in [-0.15, -0.1) is 0 Å². The summed E-state index contributed by atoms with van der Waals surface area (Å²) in [5, 5.41) is 3.47. The topological polar surface area (TPSA) is 51.2 Å². The Morgan fingerprint density at radius 2 is 2.10 bits per heavy atom. The zero-order valence-corrected chi connectivity index (χ0v) is 12.4. The molecule has 0 amide bonds. The summed E-state index contributed by atoms with van der Waals surface area (Å²) in [5.74, 6) is 1.37. The summed E-state index contributed by atoms with van der Waals surface area (Å²) in [7, 11) is 1.38. The molecule has 20 heavy (non-hydrogen) atoms. The van der Waals surface area contributed by atoms with Crippen LogP contribution in [0.1, 0.15) is 48.7 Å². The van der Waals surface area contributed by atoms with E-state index in [0.29, 0.717) is 5.56 Å². The molecule has 0 unspecified atom stereocenters. The van der Waals surface area contributed by atoms with Gasteiger partial charge >= 0.3 is 5.97 Å². The maximum Gasteiger partial charge on any atom is 0.339 e. The zero-order chi connectivity index (χ0) is 14.4. The molecule has 4 heteroatoms. The third-order valence-electron chi connectivity index (χ3n) is 4.12. The molecule has 1 fully saturated rings. The second-order valence-electron chi connectivity index (χ2n) is 5.79. The summed E-state index contributed by atoms with van der Waals surface area (Å²) in [6, 6.07) is 3.64. The molecule has 1 aromatic rings. The van der Waals surface area contributed by atoms with E-state index in [1.807, 2.05) is 6.07 Å². The van der Waals surface area contributed by atoms with E-state index in [1.54, 1.807) is 12.3 Å². The lowest BCUT2D eigenvalue weighted by Crippen LogP contribution is -2.26. The maximum absolute atomic E-state index is 11.3. The molecule has 0 bridgehead atoms. The van der Waals surface area contributed by atoms with Crippen LogP contribution in [-0.2, 0) is 11.3 Å². The largest absolute Gasteiger partial charge is 0.465 e. The minimum atomic E-state index is -0.340. The summed E-state index contributed by atoms with van der Waals surface area (Å²) < 4.78 is 4.65. The van der Waals surface area contributed by atoms with Crippen molar-refractivity contribution in [2.24, 2.45) is 11.8 Å². The van der Waals surface area contributed by atoms with Gasteiger partial charge in [0.1, 0.15) is 0 Å². The summed E-state index contributed by atoms with van der Waals surface area (Å²) in [4.78, 5) is 15.6. The van der Waals surface area contributed by atoms with Crippen LogP contribution in [0.3, 0.4) is 0 Å². The molecule has 0 atom stereocenters. The van der Waals surface area contributed by atoms with Gasteiger partial charge in [0.25, 0.3) is 0 Å². The summed E-state index contributed by atoms with van der Waals surface area (Å²) in [6.07, 6.45) is 6.97. The Morgan fingerprint density at radius 1 is 1.35 bits per heavy atom. The number of carbonyl (C=O) groups excluding carboxylic acids is 1. The Morgan fingerprint density at radius 3 is 2.70 bits per heavy atom. The van der Waals surface area contributed by atoms with Gasteiger partial charge in [-0.05, 0) is 43.4 Å². The maximum atomic E-state index is 11.3. The molecule has 4 nitrogen and oxygen atoms in total. The number of aromatic nitrogens is 1. The summed E-state index contributed by atoms with van der Waals surface area (Å²) in [5.41, 5.74) is 1.46. The van der Waals surface area contributed by atoms with Crippen molar-refractivity contribution in [1.29, 1.82) is 0 Å². The van der Waals surface area contributed by atoms with Crippen LogP contribution in [0, 0.1) is 11.8 Å². The van der Waals surface area contributed by atoms with E-state index in [4.69, 9.17) is 0 Å². The number of nitrogens with zero attached hydrogens (tertiary/aromatic N) is 1. The van der Waals surface area contributed by atoms with E-state index in [-0.39, 0.29) is 5.97 Å². The second-order valence-corrected chi connectivity index (χ2v) is 5.79. The van der Waals surface area contributed by atoms with Crippen LogP contribution in [0.25, 0.3) is 0 Å². The standard InChI is InChI=1S/C16H24N2O2/c1-12-3-5-13(6-4-12)9-17-11-15-8-7-14(10-18-15)16(19)20-2/h7-8,10,12-13,17H,3-6,9,11H2,1-2H3. The molecule has 110 valence electrons. The van der Waals surface area contributed by atoms with Gasteiger partial charge in [0.2, 0.25) is 0 Å². The van der Waals surface area contributed by atoms with Gasteiger partial charge in [-0.2, -0.15) is 0 Å². The van der Waals surface area contributed by atoms with Crippen LogP contribution in [-0.4, -0.2) is 24.6 Å². The quantitative estimate of drug-likeness (QED) is 0.840. The van der Waals surface area contributed by atoms with Gasteiger partial charge in [0.05, 0.1) is 18.4 Å². The summed E-state index contributed by atoms with van der Waals surface area (Å²) >= 11 is 0. The number of pyridine rings is 1. The van der Waals surface area contributed by atoms with Crippen molar-refractivity contribution in [2.45, 2.75) is 39.2 Å². The van der Waals surface area contributed by atoms with Crippen LogP contribution in [0.5, 0.6) is 0 Å². The Hall–Kier alpha value is -1.42.